The van der Waals surface area contributed by atoms with Gasteiger partial charge < -0.3 is 15.0 Å². The number of ether oxygens (including phenoxy) is 1. The van der Waals surface area contributed by atoms with Crippen LogP contribution in [0.25, 0.3) is 0 Å². The van der Waals surface area contributed by atoms with Gasteiger partial charge in [0.05, 0.1) is 11.5 Å². The number of nitro groups is 1. The largest absolute Gasteiger partial charge is 0.473 e. The van der Waals surface area contributed by atoms with Gasteiger partial charge in [-0.2, -0.15) is 4.98 Å². The summed E-state index contributed by atoms with van der Waals surface area (Å²) in [5.41, 5.74) is 0.140. The molecule has 8 nitrogen and oxygen atoms in total. The second-order valence-corrected chi connectivity index (χ2v) is 5.21. The van der Waals surface area contributed by atoms with Gasteiger partial charge in [0, 0.05) is 13.1 Å². The zero-order chi connectivity index (χ0) is 15.4. The molecule has 21 heavy (non-hydrogen) atoms. The molecule has 1 N–H and O–H groups in total. The van der Waals surface area contributed by atoms with E-state index >= 15 is 0 Å². The van der Waals surface area contributed by atoms with Crippen molar-refractivity contribution in [2.75, 3.05) is 32.6 Å². The van der Waals surface area contributed by atoms with Crippen molar-refractivity contribution in [3.63, 3.8) is 0 Å². The first-order chi connectivity index (χ1) is 10.0. The van der Waals surface area contributed by atoms with E-state index in [9.17, 15) is 10.1 Å². The fourth-order valence-corrected chi connectivity index (χ4v) is 2.60. The minimum atomic E-state index is -0.494. The van der Waals surface area contributed by atoms with Crippen LogP contribution in [0.2, 0.25) is 0 Å². The monoisotopic (exact) mass is 295 g/mol. The van der Waals surface area contributed by atoms with E-state index in [1.54, 1.807) is 14.0 Å². The molecule has 1 unspecified atom stereocenters. The SMILES string of the molecule is CNc1nc(C)c([N+](=O)[O-])c(OCCC2CCCN2C)n1. The third-order valence-electron chi connectivity index (χ3n) is 3.79. The highest BCUT2D eigenvalue weighted by Gasteiger charge is 2.25. The first-order valence-corrected chi connectivity index (χ1v) is 7.06. The lowest BCUT2D eigenvalue weighted by Crippen LogP contribution is -2.26. The Kier molecular flexibility index (Phi) is 4.89. The van der Waals surface area contributed by atoms with Crippen molar-refractivity contribution in [3.05, 3.63) is 15.8 Å². The number of likely N-dealkylation sites (tertiary alicyclic amines) is 1. The van der Waals surface area contributed by atoms with E-state index in [1.165, 1.54) is 6.42 Å². The van der Waals surface area contributed by atoms with Crippen LogP contribution in [0.15, 0.2) is 0 Å². The molecule has 1 aliphatic rings. The molecule has 2 heterocycles. The molecule has 0 aromatic carbocycles. The first kappa shape index (κ1) is 15.4. The van der Waals surface area contributed by atoms with Crippen molar-refractivity contribution in [1.82, 2.24) is 14.9 Å². The van der Waals surface area contributed by atoms with Crippen LogP contribution in [0, 0.1) is 17.0 Å². The molecule has 8 heteroatoms. The second kappa shape index (κ2) is 6.66. The quantitative estimate of drug-likeness (QED) is 0.629. The predicted molar refractivity (Wildman–Crippen MR) is 78.7 cm³/mol. The summed E-state index contributed by atoms with van der Waals surface area (Å²) < 4.78 is 5.57. The van der Waals surface area contributed by atoms with Gasteiger partial charge in [0.15, 0.2) is 0 Å². The molecule has 0 saturated carbocycles. The second-order valence-electron chi connectivity index (χ2n) is 5.21. The molecule has 0 bridgehead atoms. The van der Waals surface area contributed by atoms with Crippen molar-refractivity contribution in [2.24, 2.45) is 0 Å². The maximum Gasteiger partial charge on any atom is 0.352 e. The Morgan fingerprint density at radius 3 is 2.86 bits per heavy atom. The number of nitrogens with one attached hydrogen (secondary N) is 1. The molecule has 1 fully saturated rings. The number of rotatable bonds is 6. The summed E-state index contributed by atoms with van der Waals surface area (Å²) in [6.07, 6.45) is 3.18. The molecule has 0 spiro atoms. The molecular formula is C13H21N5O3. The van der Waals surface area contributed by atoms with E-state index in [1.807, 2.05) is 0 Å². The van der Waals surface area contributed by atoms with Crippen LogP contribution in [-0.4, -0.2) is 53.1 Å². The molecule has 0 radical (unpaired) electrons. The molecule has 116 valence electrons. The lowest BCUT2D eigenvalue weighted by atomic mass is 10.1. The Morgan fingerprint density at radius 2 is 2.29 bits per heavy atom. The Hall–Kier alpha value is -1.96. The number of nitrogens with zero attached hydrogens (tertiary/aromatic N) is 4. The number of hydrogen-bond acceptors (Lipinski definition) is 7. The van der Waals surface area contributed by atoms with Crippen LogP contribution in [0.1, 0.15) is 25.0 Å². The van der Waals surface area contributed by atoms with Gasteiger partial charge in [0.1, 0.15) is 5.69 Å². The van der Waals surface area contributed by atoms with Gasteiger partial charge in [-0.3, -0.25) is 10.1 Å². The topological polar surface area (TPSA) is 93.4 Å². The molecule has 1 aromatic rings. The van der Waals surface area contributed by atoms with Gasteiger partial charge in [-0.15, -0.1) is 0 Å². The molecule has 1 saturated heterocycles. The van der Waals surface area contributed by atoms with Gasteiger partial charge >= 0.3 is 5.69 Å². The molecular weight excluding hydrogens is 274 g/mol. The van der Waals surface area contributed by atoms with E-state index in [4.69, 9.17) is 4.74 Å². The zero-order valence-electron chi connectivity index (χ0n) is 12.6. The van der Waals surface area contributed by atoms with Crippen molar-refractivity contribution < 1.29 is 9.66 Å². The fourth-order valence-electron chi connectivity index (χ4n) is 2.60. The maximum atomic E-state index is 11.1. The maximum absolute atomic E-state index is 11.1. The Labute approximate surface area is 123 Å². The van der Waals surface area contributed by atoms with Crippen LogP contribution in [-0.2, 0) is 0 Å². The van der Waals surface area contributed by atoms with E-state index < -0.39 is 4.92 Å². The van der Waals surface area contributed by atoms with Crippen LogP contribution >= 0.6 is 0 Å². The summed E-state index contributed by atoms with van der Waals surface area (Å²) in [6.45, 7) is 3.09. The van der Waals surface area contributed by atoms with Gasteiger partial charge in [-0.1, -0.05) is 0 Å². The van der Waals surface area contributed by atoms with Crippen LogP contribution < -0.4 is 10.1 Å². The third kappa shape index (κ3) is 3.57. The molecule has 1 aliphatic heterocycles. The summed E-state index contributed by atoms with van der Waals surface area (Å²) in [4.78, 5) is 21.0. The molecule has 0 aliphatic carbocycles. The third-order valence-corrected chi connectivity index (χ3v) is 3.79. The Morgan fingerprint density at radius 1 is 1.52 bits per heavy atom. The van der Waals surface area contributed by atoms with Crippen LogP contribution in [0.4, 0.5) is 11.6 Å². The van der Waals surface area contributed by atoms with Crippen molar-refractivity contribution >= 4 is 11.6 Å². The lowest BCUT2D eigenvalue weighted by Gasteiger charge is -2.19. The Bertz CT molecular complexity index is 523. The highest BCUT2D eigenvalue weighted by atomic mass is 16.6. The minimum Gasteiger partial charge on any atom is -0.473 e. The van der Waals surface area contributed by atoms with Crippen molar-refractivity contribution in [1.29, 1.82) is 0 Å². The highest BCUT2D eigenvalue weighted by Crippen LogP contribution is 2.29. The summed E-state index contributed by atoms with van der Waals surface area (Å²) in [5, 5.41) is 13.9. The summed E-state index contributed by atoms with van der Waals surface area (Å²) in [5.74, 6) is 0.364. The van der Waals surface area contributed by atoms with Gasteiger partial charge in [0.25, 0.3) is 5.88 Å². The van der Waals surface area contributed by atoms with E-state index in [2.05, 4.69) is 27.2 Å². The standard InChI is InChI=1S/C13H21N5O3/c1-9-11(18(19)20)12(16-13(14-2)15-9)21-8-6-10-5-4-7-17(10)3/h10H,4-8H2,1-3H3,(H,14,15,16). The molecule has 2 rings (SSSR count). The predicted octanol–water partition coefficient (Wildman–Crippen LogP) is 1.60. The summed E-state index contributed by atoms with van der Waals surface area (Å²) >= 11 is 0. The average Bonchev–Trinajstić information content (AvgIpc) is 2.83. The average molecular weight is 295 g/mol. The summed E-state index contributed by atoms with van der Waals surface area (Å²) in [6, 6.07) is 0.482. The van der Waals surface area contributed by atoms with E-state index in [-0.39, 0.29) is 11.6 Å². The van der Waals surface area contributed by atoms with Crippen LogP contribution in [0.3, 0.4) is 0 Å². The lowest BCUT2D eigenvalue weighted by molar-refractivity contribution is -0.387. The highest BCUT2D eigenvalue weighted by molar-refractivity contribution is 5.48. The first-order valence-electron chi connectivity index (χ1n) is 7.06. The number of hydrogen-bond donors (Lipinski definition) is 1. The normalized spacial score (nSPS) is 18.7. The summed E-state index contributed by atoms with van der Waals surface area (Å²) in [7, 11) is 3.76. The minimum absolute atomic E-state index is 0.0394. The zero-order valence-corrected chi connectivity index (χ0v) is 12.6. The van der Waals surface area contributed by atoms with Crippen molar-refractivity contribution in [3.8, 4) is 5.88 Å². The van der Waals surface area contributed by atoms with E-state index in [0.717, 1.165) is 19.4 Å². The van der Waals surface area contributed by atoms with Gasteiger partial charge in [-0.25, -0.2) is 4.98 Å². The van der Waals surface area contributed by atoms with Crippen molar-refractivity contribution in [2.45, 2.75) is 32.2 Å². The number of aryl methyl sites for hydroxylation is 1. The van der Waals surface area contributed by atoms with Gasteiger partial charge in [0.2, 0.25) is 5.95 Å². The smallest absolute Gasteiger partial charge is 0.352 e. The Balaban J connectivity index is 2.07. The van der Waals surface area contributed by atoms with Gasteiger partial charge in [-0.05, 0) is 39.8 Å². The molecule has 0 amide bonds. The number of aromatic nitrogens is 2. The number of anilines is 1. The van der Waals surface area contributed by atoms with Crippen LogP contribution in [0.5, 0.6) is 5.88 Å². The molecule has 1 aromatic heterocycles. The fraction of sp³-hybridized carbons (Fsp3) is 0.692. The van der Waals surface area contributed by atoms with E-state index in [0.29, 0.717) is 24.3 Å². The molecule has 1 atom stereocenters.